The van der Waals surface area contributed by atoms with E-state index in [-0.39, 0.29) is 5.82 Å². The Morgan fingerprint density at radius 3 is 2.61 bits per heavy atom. The molecular formula is C25H28FN7. The molecule has 2 N–H and O–H groups in total. The largest absolute Gasteiger partial charge is 0.369 e. The number of benzene rings is 2. The lowest BCUT2D eigenvalue weighted by atomic mass is 10.1. The van der Waals surface area contributed by atoms with Crippen molar-refractivity contribution < 1.29 is 4.39 Å². The Balaban J connectivity index is 1.20. The Hall–Kier alpha value is -3.52. The summed E-state index contributed by atoms with van der Waals surface area (Å²) < 4.78 is 15.6. The highest BCUT2D eigenvalue weighted by atomic mass is 19.1. The minimum Gasteiger partial charge on any atom is -0.369 e. The van der Waals surface area contributed by atoms with Gasteiger partial charge in [-0.25, -0.2) is 19.3 Å². The number of para-hydroxylation sites is 2. The van der Waals surface area contributed by atoms with Crippen LogP contribution in [0.3, 0.4) is 0 Å². The molecule has 0 aliphatic carbocycles. The second-order valence-corrected chi connectivity index (χ2v) is 8.42. The molecule has 0 unspecified atom stereocenters. The number of fused-ring (bicyclic) bond motifs is 1. The first-order valence-corrected chi connectivity index (χ1v) is 11.4. The Kier molecular flexibility index (Phi) is 6.44. The quantitative estimate of drug-likeness (QED) is 0.427. The molecule has 2 aromatic heterocycles. The van der Waals surface area contributed by atoms with Crippen LogP contribution in [0.15, 0.2) is 67.1 Å². The van der Waals surface area contributed by atoms with Crippen molar-refractivity contribution in [3.63, 3.8) is 0 Å². The third-order valence-corrected chi connectivity index (χ3v) is 6.15. The van der Waals surface area contributed by atoms with Gasteiger partial charge < -0.3 is 20.1 Å². The molecule has 8 heteroatoms. The molecule has 170 valence electrons. The van der Waals surface area contributed by atoms with Gasteiger partial charge in [-0.2, -0.15) is 0 Å². The molecule has 33 heavy (non-hydrogen) atoms. The lowest BCUT2D eigenvalue weighted by Crippen LogP contribution is -2.41. The maximum absolute atomic E-state index is 13.4. The van der Waals surface area contributed by atoms with E-state index in [4.69, 9.17) is 4.98 Å². The highest BCUT2D eigenvalue weighted by Crippen LogP contribution is 2.24. The van der Waals surface area contributed by atoms with Crippen molar-refractivity contribution >= 4 is 22.8 Å². The van der Waals surface area contributed by atoms with Crippen LogP contribution < -0.4 is 10.6 Å². The zero-order chi connectivity index (χ0) is 22.5. The number of nitrogens with zero attached hydrogens (tertiary/aromatic N) is 5. The van der Waals surface area contributed by atoms with Crippen LogP contribution in [0.2, 0.25) is 0 Å². The number of likely N-dealkylation sites (tertiary alicyclic amines) is 1. The molecule has 0 spiro atoms. The number of halogens is 1. The van der Waals surface area contributed by atoms with E-state index < -0.39 is 0 Å². The highest BCUT2D eigenvalue weighted by Gasteiger charge is 2.21. The fourth-order valence-electron chi connectivity index (χ4n) is 4.34. The van der Waals surface area contributed by atoms with Crippen molar-refractivity contribution in [3.8, 4) is 0 Å². The van der Waals surface area contributed by atoms with Crippen LogP contribution in [0.1, 0.15) is 18.4 Å². The molecule has 1 saturated heterocycles. The van der Waals surface area contributed by atoms with Gasteiger partial charge in [-0.3, -0.25) is 0 Å². The monoisotopic (exact) mass is 445 g/mol. The summed E-state index contributed by atoms with van der Waals surface area (Å²) in [5.41, 5.74) is 3.10. The SMILES string of the molecule is Fc1ccc(Cn2c(NC3CCN(CCNc4ccncn4)CC3)nc3ccccc32)cc1. The first kappa shape index (κ1) is 21.3. The normalized spacial score (nSPS) is 15.1. The van der Waals surface area contributed by atoms with Crippen LogP contribution in [0.5, 0.6) is 0 Å². The number of hydrogen-bond donors (Lipinski definition) is 2. The molecule has 0 atom stereocenters. The summed E-state index contributed by atoms with van der Waals surface area (Å²) in [4.78, 5) is 15.5. The summed E-state index contributed by atoms with van der Waals surface area (Å²) in [6.07, 6.45) is 5.43. The van der Waals surface area contributed by atoms with E-state index in [2.05, 4.69) is 36.1 Å². The summed E-state index contributed by atoms with van der Waals surface area (Å²) in [5.74, 6) is 1.53. The van der Waals surface area contributed by atoms with Gasteiger partial charge in [0.1, 0.15) is 18.0 Å². The lowest BCUT2D eigenvalue weighted by Gasteiger charge is -2.32. The van der Waals surface area contributed by atoms with Crippen molar-refractivity contribution in [1.82, 2.24) is 24.4 Å². The van der Waals surface area contributed by atoms with Crippen molar-refractivity contribution in [2.75, 3.05) is 36.8 Å². The second-order valence-electron chi connectivity index (χ2n) is 8.42. The number of rotatable bonds is 8. The molecule has 5 rings (SSSR count). The number of piperidine rings is 1. The predicted octanol–water partition coefficient (Wildman–Crippen LogP) is 4.00. The van der Waals surface area contributed by atoms with E-state index in [0.29, 0.717) is 12.6 Å². The van der Waals surface area contributed by atoms with E-state index in [9.17, 15) is 4.39 Å². The number of imidazole rings is 1. The van der Waals surface area contributed by atoms with E-state index >= 15 is 0 Å². The van der Waals surface area contributed by atoms with Gasteiger partial charge in [0.25, 0.3) is 0 Å². The molecular weight excluding hydrogens is 417 g/mol. The Bertz CT molecular complexity index is 1170. The van der Waals surface area contributed by atoms with Gasteiger partial charge >= 0.3 is 0 Å². The first-order chi connectivity index (χ1) is 16.2. The van der Waals surface area contributed by atoms with Crippen LogP contribution in [-0.2, 0) is 6.54 Å². The molecule has 0 bridgehead atoms. The molecule has 7 nitrogen and oxygen atoms in total. The molecule has 3 heterocycles. The van der Waals surface area contributed by atoms with Crippen molar-refractivity contribution in [3.05, 3.63) is 78.5 Å². The van der Waals surface area contributed by atoms with E-state index in [1.807, 2.05) is 36.4 Å². The van der Waals surface area contributed by atoms with Gasteiger partial charge in [-0.15, -0.1) is 0 Å². The molecule has 1 aliphatic rings. The van der Waals surface area contributed by atoms with Gasteiger partial charge in [0.15, 0.2) is 0 Å². The smallest absolute Gasteiger partial charge is 0.204 e. The van der Waals surface area contributed by atoms with Gasteiger partial charge in [-0.05, 0) is 48.7 Å². The lowest BCUT2D eigenvalue weighted by molar-refractivity contribution is 0.226. The number of hydrogen-bond acceptors (Lipinski definition) is 6. The molecule has 1 fully saturated rings. The van der Waals surface area contributed by atoms with Gasteiger partial charge in [0.2, 0.25) is 5.95 Å². The van der Waals surface area contributed by atoms with Gasteiger partial charge in [0.05, 0.1) is 17.6 Å². The molecule has 4 aromatic rings. The molecule has 1 aliphatic heterocycles. The number of anilines is 2. The number of nitrogens with one attached hydrogen (secondary N) is 2. The van der Waals surface area contributed by atoms with Crippen LogP contribution in [0.4, 0.5) is 16.2 Å². The van der Waals surface area contributed by atoms with E-state index in [1.54, 1.807) is 12.5 Å². The Morgan fingerprint density at radius 1 is 1.00 bits per heavy atom. The zero-order valence-corrected chi connectivity index (χ0v) is 18.5. The van der Waals surface area contributed by atoms with Crippen LogP contribution >= 0.6 is 0 Å². The summed E-state index contributed by atoms with van der Waals surface area (Å²) in [6, 6.07) is 17.1. The van der Waals surface area contributed by atoms with Crippen molar-refractivity contribution in [2.45, 2.75) is 25.4 Å². The van der Waals surface area contributed by atoms with Gasteiger partial charge in [0, 0.05) is 38.4 Å². The average molecular weight is 446 g/mol. The van der Waals surface area contributed by atoms with Crippen LogP contribution in [0.25, 0.3) is 11.0 Å². The minimum absolute atomic E-state index is 0.216. The number of aromatic nitrogens is 4. The molecule has 0 radical (unpaired) electrons. The van der Waals surface area contributed by atoms with Crippen LogP contribution in [-0.4, -0.2) is 56.6 Å². The third kappa shape index (κ3) is 5.28. The Labute approximate surface area is 192 Å². The summed E-state index contributed by atoms with van der Waals surface area (Å²) in [7, 11) is 0. The van der Waals surface area contributed by atoms with Crippen molar-refractivity contribution in [1.29, 1.82) is 0 Å². The zero-order valence-electron chi connectivity index (χ0n) is 18.5. The van der Waals surface area contributed by atoms with E-state index in [1.165, 1.54) is 12.1 Å². The average Bonchev–Trinajstić information content (AvgIpc) is 3.19. The second kappa shape index (κ2) is 9.95. The third-order valence-electron chi connectivity index (χ3n) is 6.15. The molecule has 0 saturated carbocycles. The maximum atomic E-state index is 13.4. The fourth-order valence-corrected chi connectivity index (χ4v) is 4.34. The summed E-state index contributed by atoms with van der Waals surface area (Å²) >= 11 is 0. The predicted molar refractivity (Wildman–Crippen MR) is 129 cm³/mol. The Morgan fingerprint density at radius 2 is 1.82 bits per heavy atom. The highest BCUT2D eigenvalue weighted by molar-refractivity contribution is 5.78. The molecule has 0 amide bonds. The molecule has 2 aromatic carbocycles. The van der Waals surface area contributed by atoms with Crippen molar-refractivity contribution in [2.24, 2.45) is 0 Å². The summed E-state index contributed by atoms with van der Waals surface area (Å²) in [5, 5.41) is 7.04. The van der Waals surface area contributed by atoms with Gasteiger partial charge in [-0.1, -0.05) is 24.3 Å². The van der Waals surface area contributed by atoms with E-state index in [0.717, 1.165) is 67.4 Å². The maximum Gasteiger partial charge on any atom is 0.204 e. The topological polar surface area (TPSA) is 70.9 Å². The standard InChI is InChI=1S/C25H28FN7/c26-20-7-5-19(6-8-20)17-33-23-4-2-1-3-22(23)31-25(33)30-21-10-14-32(15-11-21)16-13-28-24-9-12-27-18-29-24/h1-9,12,18,21H,10-11,13-17H2,(H,30,31)(H,27,28,29). The fraction of sp³-hybridized carbons (Fsp3) is 0.320. The minimum atomic E-state index is -0.216. The van der Waals surface area contributed by atoms with Crippen LogP contribution in [0, 0.1) is 5.82 Å². The first-order valence-electron chi connectivity index (χ1n) is 11.4. The summed E-state index contributed by atoms with van der Waals surface area (Å²) in [6.45, 7) is 4.59.